The molecule has 1 aromatic heterocycles. The third-order valence-corrected chi connectivity index (χ3v) is 3.62. The number of hydrogen-bond acceptors (Lipinski definition) is 3. The minimum Gasteiger partial charge on any atom is -0.348 e. The van der Waals surface area contributed by atoms with Crippen LogP contribution >= 0.6 is 0 Å². The number of hydrogen-bond donors (Lipinski definition) is 2. The zero-order valence-corrected chi connectivity index (χ0v) is 11.3. The molecule has 2 atom stereocenters. The predicted molar refractivity (Wildman–Crippen MR) is 66.3 cm³/mol. The van der Waals surface area contributed by atoms with E-state index >= 15 is 0 Å². The summed E-state index contributed by atoms with van der Waals surface area (Å²) in [4.78, 5) is 12.0. The van der Waals surface area contributed by atoms with E-state index in [9.17, 15) is 18.0 Å². The highest BCUT2D eigenvalue weighted by Crippen LogP contribution is 2.26. The molecule has 1 aliphatic heterocycles. The molecule has 0 aromatic carbocycles. The summed E-state index contributed by atoms with van der Waals surface area (Å²) in [7, 11) is 1.72. The highest BCUT2D eigenvalue weighted by atomic mass is 19.4. The SMILES string of the molecule is Cc1c(C(=O)NC2CCC(C(F)(F)F)NC2)cnn1C. The molecule has 0 bridgehead atoms. The quantitative estimate of drug-likeness (QED) is 0.859. The monoisotopic (exact) mass is 290 g/mol. The van der Waals surface area contributed by atoms with Gasteiger partial charge in [-0.15, -0.1) is 0 Å². The van der Waals surface area contributed by atoms with Crippen molar-refractivity contribution in [3.8, 4) is 0 Å². The van der Waals surface area contributed by atoms with E-state index in [1.165, 1.54) is 6.20 Å². The Labute approximate surface area is 114 Å². The number of carbonyl (C=O) groups excluding carboxylic acids is 1. The summed E-state index contributed by atoms with van der Waals surface area (Å²) >= 11 is 0. The van der Waals surface area contributed by atoms with Crippen molar-refractivity contribution in [3.05, 3.63) is 17.5 Å². The Balaban J connectivity index is 1.90. The molecule has 0 radical (unpaired) electrons. The van der Waals surface area contributed by atoms with Gasteiger partial charge in [0.25, 0.3) is 5.91 Å². The number of halogens is 3. The molecule has 1 amide bonds. The molecule has 1 aliphatic rings. The van der Waals surface area contributed by atoms with Gasteiger partial charge in [-0.1, -0.05) is 0 Å². The van der Waals surface area contributed by atoms with Crippen LogP contribution in [-0.2, 0) is 7.05 Å². The van der Waals surface area contributed by atoms with Crippen LogP contribution in [0.3, 0.4) is 0 Å². The molecule has 0 saturated carbocycles. The Morgan fingerprint density at radius 3 is 2.65 bits per heavy atom. The normalized spacial score (nSPS) is 23.6. The molecule has 2 unspecified atom stereocenters. The largest absolute Gasteiger partial charge is 0.403 e. The Morgan fingerprint density at radius 2 is 2.20 bits per heavy atom. The number of alkyl halides is 3. The molecular formula is C12H17F3N4O. The van der Waals surface area contributed by atoms with Crippen LogP contribution in [0.25, 0.3) is 0 Å². The third kappa shape index (κ3) is 3.12. The lowest BCUT2D eigenvalue weighted by Gasteiger charge is -2.31. The molecule has 20 heavy (non-hydrogen) atoms. The summed E-state index contributed by atoms with van der Waals surface area (Å²) in [5.41, 5.74) is 1.17. The second kappa shape index (κ2) is 5.43. The van der Waals surface area contributed by atoms with Gasteiger partial charge >= 0.3 is 6.18 Å². The lowest BCUT2D eigenvalue weighted by atomic mass is 10.00. The minimum atomic E-state index is -4.23. The van der Waals surface area contributed by atoms with Crippen LogP contribution in [-0.4, -0.2) is 40.5 Å². The first-order valence-electron chi connectivity index (χ1n) is 6.38. The second-order valence-corrected chi connectivity index (χ2v) is 5.02. The van der Waals surface area contributed by atoms with Crippen molar-refractivity contribution in [3.63, 3.8) is 0 Å². The van der Waals surface area contributed by atoms with E-state index in [1.54, 1.807) is 18.7 Å². The minimum absolute atomic E-state index is 0.0273. The predicted octanol–water partition coefficient (Wildman–Crippen LogP) is 1.14. The van der Waals surface area contributed by atoms with Crippen molar-refractivity contribution < 1.29 is 18.0 Å². The van der Waals surface area contributed by atoms with Crippen LogP contribution in [0, 0.1) is 6.92 Å². The number of amides is 1. The Bertz CT molecular complexity index is 489. The first-order chi connectivity index (χ1) is 9.29. The van der Waals surface area contributed by atoms with Gasteiger partial charge in [0, 0.05) is 25.3 Å². The van der Waals surface area contributed by atoms with E-state index in [2.05, 4.69) is 15.7 Å². The molecule has 5 nitrogen and oxygen atoms in total. The number of rotatable bonds is 2. The summed E-state index contributed by atoms with van der Waals surface area (Å²) in [6.45, 7) is 1.88. The van der Waals surface area contributed by atoms with Gasteiger partial charge in [-0.25, -0.2) is 0 Å². The summed E-state index contributed by atoms with van der Waals surface area (Å²) < 4.78 is 39.0. The highest BCUT2D eigenvalue weighted by Gasteiger charge is 2.41. The molecule has 1 aromatic rings. The van der Waals surface area contributed by atoms with Crippen molar-refractivity contribution >= 4 is 5.91 Å². The molecule has 2 heterocycles. The van der Waals surface area contributed by atoms with Crippen LogP contribution in [0.2, 0.25) is 0 Å². The van der Waals surface area contributed by atoms with Crippen molar-refractivity contribution in [2.24, 2.45) is 7.05 Å². The van der Waals surface area contributed by atoms with E-state index in [-0.39, 0.29) is 24.9 Å². The van der Waals surface area contributed by atoms with Gasteiger partial charge in [0.2, 0.25) is 0 Å². The zero-order chi connectivity index (χ0) is 14.9. The zero-order valence-electron chi connectivity index (χ0n) is 11.3. The van der Waals surface area contributed by atoms with Crippen LogP contribution < -0.4 is 10.6 Å². The Morgan fingerprint density at radius 1 is 1.50 bits per heavy atom. The Kier molecular flexibility index (Phi) is 4.03. The van der Waals surface area contributed by atoms with E-state index in [0.717, 1.165) is 5.69 Å². The summed E-state index contributed by atoms with van der Waals surface area (Å²) in [6, 6.07) is -1.77. The maximum Gasteiger partial charge on any atom is 0.403 e. The molecule has 1 saturated heterocycles. The Hall–Kier alpha value is -1.57. The van der Waals surface area contributed by atoms with Gasteiger partial charge in [0.05, 0.1) is 11.8 Å². The number of piperidine rings is 1. The van der Waals surface area contributed by atoms with E-state index < -0.39 is 12.2 Å². The first-order valence-corrected chi connectivity index (χ1v) is 6.38. The fraction of sp³-hybridized carbons (Fsp3) is 0.667. The van der Waals surface area contributed by atoms with Crippen molar-refractivity contribution in [2.45, 2.75) is 38.0 Å². The summed E-state index contributed by atoms with van der Waals surface area (Å²) in [5, 5.41) is 9.13. The summed E-state index contributed by atoms with van der Waals surface area (Å²) in [5.74, 6) is -0.298. The summed E-state index contributed by atoms with van der Waals surface area (Å²) in [6.07, 6.45) is -2.49. The molecular weight excluding hydrogens is 273 g/mol. The van der Waals surface area contributed by atoms with Crippen molar-refractivity contribution in [2.75, 3.05) is 6.54 Å². The lowest BCUT2D eigenvalue weighted by molar-refractivity contribution is -0.160. The van der Waals surface area contributed by atoms with Gasteiger partial charge in [-0.05, 0) is 19.8 Å². The maximum absolute atomic E-state index is 12.5. The van der Waals surface area contributed by atoms with E-state index in [0.29, 0.717) is 12.0 Å². The number of aryl methyl sites for hydroxylation is 1. The van der Waals surface area contributed by atoms with Crippen LogP contribution in [0.1, 0.15) is 28.9 Å². The molecule has 2 rings (SSSR count). The number of aromatic nitrogens is 2. The van der Waals surface area contributed by atoms with Crippen molar-refractivity contribution in [1.82, 2.24) is 20.4 Å². The number of nitrogens with one attached hydrogen (secondary N) is 2. The third-order valence-electron chi connectivity index (χ3n) is 3.62. The van der Waals surface area contributed by atoms with Gasteiger partial charge in [0.1, 0.15) is 6.04 Å². The molecule has 2 N–H and O–H groups in total. The van der Waals surface area contributed by atoms with Gasteiger partial charge in [-0.2, -0.15) is 18.3 Å². The fourth-order valence-electron chi connectivity index (χ4n) is 2.24. The molecule has 8 heteroatoms. The highest BCUT2D eigenvalue weighted by molar-refractivity contribution is 5.95. The first kappa shape index (κ1) is 14.8. The smallest absolute Gasteiger partial charge is 0.348 e. The van der Waals surface area contributed by atoms with Gasteiger partial charge in [-0.3, -0.25) is 9.48 Å². The average molecular weight is 290 g/mol. The van der Waals surface area contributed by atoms with Crippen molar-refractivity contribution in [1.29, 1.82) is 0 Å². The molecule has 0 aliphatic carbocycles. The molecule has 1 fully saturated rings. The van der Waals surface area contributed by atoms with Crippen LogP contribution in [0.5, 0.6) is 0 Å². The van der Waals surface area contributed by atoms with Crippen LogP contribution in [0.15, 0.2) is 6.20 Å². The fourth-order valence-corrected chi connectivity index (χ4v) is 2.24. The van der Waals surface area contributed by atoms with E-state index in [4.69, 9.17) is 0 Å². The standard InChI is InChI=1S/C12H17F3N4O/c1-7-9(6-17-19(7)2)11(20)18-8-3-4-10(16-5-8)12(13,14)15/h6,8,10,16H,3-5H2,1-2H3,(H,18,20). The second-order valence-electron chi connectivity index (χ2n) is 5.02. The molecule has 0 spiro atoms. The number of carbonyl (C=O) groups is 1. The van der Waals surface area contributed by atoms with Gasteiger partial charge < -0.3 is 10.6 Å². The van der Waals surface area contributed by atoms with E-state index in [1.807, 2.05) is 0 Å². The number of nitrogens with zero attached hydrogens (tertiary/aromatic N) is 2. The maximum atomic E-state index is 12.5. The average Bonchev–Trinajstić information content (AvgIpc) is 2.69. The van der Waals surface area contributed by atoms with Gasteiger partial charge in [0.15, 0.2) is 0 Å². The lowest BCUT2D eigenvalue weighted by Crippen LogP contribution is -2.54. The molecule has 112 valence electrons. The van der Waals surface area contributed by atoms with Crippen LogP contribution in [0.4, 0.5) is 13.2 Å². The topological polar surface area (TPSA) is 59.0 Å².